The Morgan fingerprint density at radius 2 is 1.53 bits per heavy atom. The van der Waals surface area contributed by atoms with Gasteiger partial charge in [0.2, 0.25) is 5.91 Å². The van der Waals surface area contributed by atoms with E-state index >= 15 is 0 Å². The van der Waals surface area contributed by atoms with Crippen molar-refractivity contribution in [3.05, 3.63) is 29.8 Å². The van der Waals surface area contributed by atoms with Crippen molar-refractivity contribution in [3.63, 3.8) is 0 Å². The van der Waals surface area contributed by atoms with Gasteiger partial charge in [0.15, 0.2) is 0 Å². The first-order valence-electron chi connectivity index (χ1n) is 14.0. The molecule has 7 nitrogen and oxygen atoms in total. The van der Waals surface area contributed by atoms with E-state index < -0.39 is 12.0 Å². The fourth-order valence-electron chi connectivity index (χ4n) is 4.40. The summed E-state index contributed by atoms with van der Waals surface area (Å²) in [5.41, 5.74) is 0.409. The summed E-state index contributed by atoms with van der Waals surface area (Å²) in [5.74, 6) is -0.568. The minimum atomic E-state index is -0.879. The average Bonchev–Trinajstić information content (AvgIpc) is 2.88. The monoisotopic (exact) mass is 502 g/mol. The zero-order chi connectivity index (χ0) is 26.0. The third-order valence-corrected chi connectivity index (χ3v) is 6.59. The maximum atomic E-state index is 13.4. The zero-order valence-corrected chi connectivity index (χ0v) is 22.4. The smallest absolute Gasteiger partial charge is 0.308 e. The Kier molecular flexibility index (Phi) is 14.7. The Labute approximate surface area is 217 Å². The maximum absolute atomic E-state index is 13.4. The second-order valence-corrected chi connectivity index (χ2v) is 9.61. The van der Waals surface area contributed by atoms with Gasteiger partial charge >= 0.3 is 5.97 Å². The molecule has 2 rings (SSSR count). The Morgan fingerprint density at radius 3 is 2.22 bits per heavy atom. The minimum Gasteiger partial charge on any atom is -0.493 e. The summed E-state index contributed by atoms with van der Waals surface area (Å²) in [6.45, 7) is 5.88. The topological polar surface area (TPSA) is 84.9 Å². The molecule has 2 amide bonds. The number of hydrogen-bond acceptors (Lipinski definition) is 5. The molecule has 1 aromatic carbocycles. The maximum Gasteiger partial charge on any atom is 0.308 e. The molecule has 0 aliphatic carbocycles. The van der Waals surface area contributed by atoms with Gasteiger partial charge in [0, 0.05) is 13.1 Å². The van der Waals surface area contributed by atoms with Crippen LogP contribution in [-0.4, -0.2) is 55.0 Å². The largest absolute Gasteiger partial charge is 0.493 e. The zero-order valence-electron chi connectivity index (χ0n) is 22.4. The molecule has 36 heavy (non-hydrogen) atoms. The van der Waals surface area contributed by atoms with Crippen molar-refractivity contribution >= 4 is 17.8 Å². The molecule has 0 aromatic heterocycles. The first kappa shape index (κ1) is 29.7. The average molecular weight is 503 g/mol. The molecular weight excluding hydrogens is 456 g/mol. The van der Waals surface area contributed by atoms with Crippen molar-refractivity contribution < 1.29 is 23.9 Å². The van der Waals surface area contributed by atoms with Crippen LogP contribution in [0.2, 0.25) is 0 Å². The second-order valence-electron chi connectivity index (χ2n) is 9.61. The van der Waals surface area contributed by atoms with E-state index in [1.807, 2.05) is 6.07 Å². The van der Waals surface area contributed by atoms with Gasteiger partial charge in [-0.2, -0.15) is 0 Å². The second kappa shape index (κ2) is 17.8. The molecule has 1 atom stereocenters. The van der Waals surface area contributed by atoms with Crippen molar-refractivity contribution in [1.82, 2.24) is 10.2 Å². The molecule has 0 bridgehead atoms. The molecule has 0 spiro atoms. The third kappa shape index (κ3) is 10.6. The van der Waals surface area contributed by atoms with Crippen LogP contribution in [0.25, 0.3) is 0 Å². The van der Waals surface area contributed by atoms with Crippen molar-refractivity contribution in [2.75, 3.05) is 26.3 Å². The molecule has 0 radical (unpaired) electrons. The van der Waals surface area contributed by atoms with Crippen LogP contribution in [-0.2, 0) is 14.3 Å². The van der Waals surface area contributed by atoms with Crippen LogP contribution in [0.1, 0.15) is 108 Å². The fourth-order valence-corrected chi connectivity index (χ4v) is 4.40. The van der Waals surface area contributed by atoms with Gasteiger partial charge < -0.3 is 19.7 Å². The first-order chi connectivity index (χ1) is 17.6. The highest BCUT2D eigenvalue weighted by atomic mass is 16.5. The molecule has 1 aliphatic rings. The lowest BCUT2D eigenvalue weighted by atomic mass is 10.1. The van der Waals surface area contributed by atoms with Crippen molar-refractivity contribution in [1.29, 1.82) is 0 Å². The number of esters is 1. The summed E-state index contributed by atoms with van der Waals surface area (Å²) in [4.78, 5) is 39.9. The highest BCUT2D eigenvalue weighted by Crippen LogP contribution is 2.23. The summed E-state index contributed by atoms with van der Waals surface area (Å²) < 4.78 is 11.2. The fraction of sp³-hybridized carbons (Fsp3) is 0.690. The van der Waals surface area contributed by atoms with E-state index in [1.165, 1.54) is 49.8 Å². The van der Waals surface area contributed by atoms with Crippen LogP contribution in [0.15, 0.2) is 24.3 Å². The van der Waals surface area contributed by atoms with Gasteiger partial charge in [-0.3, -0.25) is 14.4 Å². The molecule has 1 aromatic rings. The van der Waals surface area contributed by atoms with Crippen molar-refractivity contribution in [2.45, 2.75) is 103 Å². The molecule has 0 saturated carbocycles. The van der Waals surface area contributed by atoms with Gasteiger partial charge in [-0.25, -0.2) is 0 Å². The number of hydrogen-bond donors (Lipinski definition) is 1. The normalized spacial score (nSPS) is 15.4. The van der Waals surface area contributed by atoms with Gasteiger partial charge in [-0.1, -0.05) is 90.2 Å². The Bertz CT molecular complexity index is 798. The van der Waals surface area contributed by atoms with Crippen LogP contribution in [0.4, 0.5) is 0 Å². The van der Waals surface area contributed by atoms with Gasteiger partial charge in [-0.15, -0.1) is 0 Å². The third-order valence-electron chi connectivity index (χ3n) is 6.59. The van der Waals surface area contributed by atoms with Crippen LogP contribution in [0.3, 0.4) is 0 Å². The molecular formula is C29H46N2O5. The number of nitrogens with one attached hydrogen (secondary N) is 1. The molecule has 1 fully saturated rings. The molecule has 1 heterocycles. The highest BCUT2D eigenvalue weighted by Gasteiger charge is 2.36. The lowest BCUT2D eigenvalue weighted by Crippen LogP contribution is -2.57. The number of benzene rings is 1. The van der Waals surface area contributed by atoms with Crippen molar-refractivity contribution in [3.8, 4) is 5.75 Å². The summed E-state index contributed by atoms with van der Waals surface area (Å²) >= 11 is 0. The number of carbonyl (C=O) groups excluding carboxylic acids is 3. The van der Waals surface area contributed by atoms with Gasteiger partial charge in [0.25, 0.3) is 5.91 Å². The van der Waals surface area contributed by atoms with E-state index in [0.29, 0.717) is 37.6 Å². The minimum absolute atomic E-state index is 0.145. The van der Waals surface area contributed by atoms with Gasteiger partial charge in [0.05, 0.1) is 25.2 Å². The van der Waals surface area contributed by atoms with Crippen LogP contribution in [0.5, 0.6) is 5.75 Å². The van der Waals surface area contributed by atoms with Crippen LogP contribution in [0, 0.1) is 0 Å². The molecule has 1 saturated heterocycles. The molecule has 1 N–H and O–H groups in total. The molecule has 1 aliphatic heterocycles. The summed E-state index contributed by atoms with van der Waals surface area (Å²) in [7, 11) is 0. The summed E-state index contributed by atoms with van der Waals surface area (Å²) in [5, 5.41) is 2.77. The number of para-hydroxylation sites is 1. The van der Waals surface area contributed by atoms with Crippen LogP contribution >= 0.6 is 0 Å². The van der Waals surface area contributed by atoms with Gasteiger partial charge in [-0.05, 0) is 25.0 Å². The van der Waals surface area contributed by atoms with E-state index in [-0.39, 0.29) is 18.2 Å². The van der Waals surface area contributed by atoms with Crippen molar-refractivity contribution in [2.24, 2.45) is 0 Å². The lowest BCUT2D eigenvalue weighted by Gasteiger charge is -2.34. The number of rotatable bonds is 18. The first-order valence-corrected chi connectivity index (χ1v) is 14.0. The van der Waals surface area contributed by atoms with Crippen LogP contribution < -0.4 is 10.1 Å². The van der Waals surface area contributed by atoms with E-state index in [4.69, 9.17) is 9.47 Å². The molecule has 202 valence electrons. The SMILES string of the molecule is CCCCCCCCCCCCOC(=O)CC1C(=O)NCCN1C(=O)c1ccccc1OCCCC. The summed E-state index contributed by atoms with van der Waals surface area (Å²) in [6.07, 6.45) is 13.8. The Morgan fingerprint density at radius 1 is 0.889 bits per heavy atom. The number of unbranched alkanes of at least 4 members (excludes halogenated alkanes) is 10. The predicted molar refractivity (Wildman–Crippen MR) is 142 cm³/mol. The van der Waals surface area contributed by atoms with E-state index in [2.05, 4.69) is 19.2 Å². The number of nitrogens with zero attached hydrogens (tertiary/aromatic N) is 1. The van der Waals surface area contributed by atoms with E-state index in [1.54, 1.807) is 18.2 Å². The predicted octanol–water partition coefficient (Wildman–Crippen LogP) is 5.66. The van der Waals surface area contributed by atoms with E-state index in [0.717, 1.165) is 32.1 Å². The summed E-state index contributed by atoms with van der Waals surface area (Å²) in [6, 6.07) is 6.19. The Balaban J connectivity index is 1.78. The number of piperazine rings is 1. The molecule has 1 unspecified atom stereocenters. The lowest BCUT2D eigenvalue weighted by molar-refractivity contribution is -0.147. The molecule has 7 heteroatoms. The number of amides is 2. The van der Waals surface area contributed by atoms with E-state index in [9.17, 15) is 14.4 Å². The number of carbonyl (C=O) groups is 3. The van der Waals surface area contributed by atoms with Gasteiger partial charge in [0.1, 0.15) is 11.8 Å². The Hall–Kier alpha value is -2.57. The quantitative estimate of drug-likeness (QED) is 0.207. The number of ether oxygens (including phenoxy) is 2. The standard InChI is InChI=1S/C29H46N2O5/c1-3-5-7-8-9-10-11-12-13-16-22-36-27(32)23-25-28(33)30-19-20-31(25)29(34)24-17-14-15-18-26(24)35-21-6-4-2/h14-15,17-18,25H,3-13,16,19-23H2,1-2H3,(H,30,33). The highest BCUT2D eigenvalue weighted by molar-refractivity contribution is 6.01.